The maximum absolute atomic E-state index is 11.5. The zero-order valence-corrected chi connectivity index (χ0v) is 11.6. The Morgan fingerprint density at radius 1 is 1.12 bits per heavy atom. The van der Waals surface area contributed by atoms with Crippen LogP contribution in [-0.4, -0.2) is 26.5 Å². The molecular weight excluding hydrogens is 234 g/mol. The Labute approximate surface area is 104 Å². The first-order chi connectivity index (χ1) is 7.94. The molecule has 0 aliphatic heterocycles. The fourth-order valence-corrected chi connectivity index (χ4v) is 2.85. The Morgan fingerprint density at radius 3 is 2.41 bits per heavy atom. The third-order valence-corrected chi connectivity index (χ3v) is 4.62. The van der Waals surface area contributed by atoms with Gasteiger partial charge in [-0.1, -0.05) is 13.0 Å². The van der Waals surface area contributed by atoms with Crippen LogP contribution in [0.4, 0.5) is 5.69 Å². The van der Waals surface area contributed by atoms with Gasteiger partial charge >= 0.3 is 0 Å². The van der Waals surface area contributed by atoms with Crippen LogP contribution >= 0.6 is 0 Å². The van der Waals surface area contributed by atoms with E-state index in [0.29, 0.717) is 13.0 Å². The van der Waals surface area contributed by atoms with E-state index in [9.17, 15) is 8.42 Å². The number of aryl methyl sites for hydroxylation is 2. The van der Waals surface area contributed by atoms with E-state index in [1.165, 1.54) is 11.1 Å². The molecule has 0 unspecified atom stereocenters. The molecule has 0 atom stereocenters. The second kappa shape index (κ2) is 6.05. The summed E-state index contributed by atoms with van der Waals surface area (Å²) in [6.07, 6.45) is 0.686. The average molecular weight is 255 g/mol. The van der Waals surface area contributed by atoms with Crippen LogP contribution in [0, 0.1) is 13.8 Å². The quantitative estimate of drug-likeness (QED) is 0.849. The van der Waals surface area contributed by atoms with Crippen LogP contribution in [-0.2, 0) is 9.84 Å². The third kappa shape index (κ3) is 4.77. The van der Waals surface area contributed by atoms with Gasteiger partial charge in [0.2, 0.25) is 0 Å². The minimum absolute atomic E-state index is 0.202. The largest absolute Gasteiger partial charge is 0.384 e. The highest BCUT2D eigenvalue weighted by Gasteiger charge is 2.08. The summed E-state index contributed by atoms with van der Waals surface area (Å²) in [6.45, 7) is 6.47. The summed E-state index contributed by atoms with van der Waals surface area (Å²) < 4.78 is 23.0. The molecular formula is C13H21NO2S. The summed E-state index contributed by atoms with van der Waals surface area (Å²) in [5.41, 5.74) is 3.44. The molecule has 0 aromatic heterocycles. The van der Waals surface area contributed by atoms with Crippen LogP contribution in [0.25, 0.3) is 0 Å². The molecule has 1 rings (SSSR count). The first-order valence-corrected chi connectivity index (χ1v) is 7.78. The molecule has 0 aliphatic rings. The molecule has 3 nitrogen and oxygen atoms in total. The normalized spacial score (nSPS) is 11.5. The standard InChI is InChI=1S/C13H21NO2S/c1-4-8-17(15,16)9-7-14-13-6-5-11(2)12(3)10-13/h5-6,10,14H,4,7-9H2,1-3H3. The molecule has 0 radical (unpaired) electrons. The first-order valence-electron chi connectivity index (χ1n) is 5.96. The molecule has 0 saturated carbocycles. The Bertz CT molecular complexity index is 466. The van der Waals surface area contributed by atoms with Gasteiger partial charge in [0.1, 0.15) is 0 Å². The highest BCUT2D eigenvalue weighted by molar-refractivity contribution is 7.91. The van der Waals surface area contributed by atoms with Crippen LogP contribution in [0.2, 0.25) is 0 Å². The number of nitrogens with one attached hydrogen (secondary N) is 1. The molecule has 0 saturated heterocycles. The van der Waals surface area contributed by atoms with Crippen molar-refractivity contribution in [1.29, 1.82) is 0 Å². The molecule has 0 heterocycles. The second-order valence-corrected chi connectivity index (χ2v) is 6.68. The van der Waals surface area contributed by atoms with Gasteiger partial charge in [0.05, 0.1) is 5.75 Å². The van der Waals surface area contributed by atoms with Crippen molar-refractivity contribution in [1.82, 2.24) is 0 Å². The lowest BCUT2D eigenvalue weighted by molar-refractivity contribution is 0.595. The minimum Gasteiger partial charge on any atom is -0.384 e. The van der Waals surface area contributed by atoms with Crippen molar-refractivity contribution in [2.75, 3.05) is 23.4 Å². The molecule has 0 spiro atoms. The predicted molar refractivity (Wildman–Crippen MR) is 73.4 cm³/mol. The summed E-state index contributed by atoms with van der Waals surface area (Å²) in [4.78, 5) is 0. The first kappa shape index (κ1) is 14.0. The molecule has 4 heteroatoms. The van der Waals surface area contributed by atoms with E-state index in [1.807, 2.05) is 32.0 Å². The summed E-state index contributed by atoms with van der Waals surface area (Å²) in [5.74, 6) is 0.482. The highest BCUT2D eigenvalue weighted by atomic mass is 32.2. The van der Waals surface area contributed by atoms with Crippen molar-refractivity contribution in [3.63, 3.8) is 0 Å². The topological polar surface area (TPSA) is 46.2 Å². The fraction of sp³-hybridized carbons (Fsp3) is 0.538. The maximum atomic E-state index is 11.5. The third-order valence-electron chi connectivity index (χ3n) is 2.76. The van der Waals surface area contributed by atoms with Gasteiger partial charge < -0.3 is 5.32 Å². The summed E-state index contributed by atoms with van der Waals surface area (Å²) in [5, 5.41) is 3.15. The van der Waals surface area contributed by atoms with E-state index in [2.05, 4.69) is 12.2 Å². The zero-order chi connectivity index (χ0) is 12.9. The van der Waals surface area contributed by atoms with Crippen LogP contribution < -0.4 is 5.32 Å². The van der Waals surface area contributed by atoms with Gasteiger partial charge in [-0.2, -0.15) is 0 Å². The van der Waals surface area contributed by atoms with E-state index < -0.39 is 9.84 Å². The Balaban J connectivity index is 2.49. The van der Waals surface area contributed by atoms with Gasteiger partial charge in [-0.15, -0.1) is 0 Å². The van der Waals surface area contributed by atoms with E-state index in [4.69, 9.17) is 0 Å². The van der Waals surface area contributed by atoms with E-state index in [-0.39, 0.29) is 11.5 Å². The number of hydrogen-bond donors (Lipinski definition) is 1. The summed E-state index contributed by atoms with van der Waals surface area (Å²) >= 11 is 0. The van der Waals surface area contributed by atoms with Gasteiger partial charge in [0.25, 0.3) is 0 Å². The Hall–Kier alpha value is -1.03. The van der Waals surface area contributed by atoms with E-state index >= 15 is 0 Å². The van der Waals surface area contributed by atoms with Crippen LogP contribution in [0.15, 0.2) is 18.2 Å². The smallest absolute Gasteiger partial charge is 0.152 e. The Morgan fingerprint density at radius 2 is 1.82 bits per heavy atom. The molecule has 0 amide bonds. The van der Waals surface area contributed by atoms with Gasteiger partial charge in [0.15, 0.2) is 9.84 Å². The lowest BCUT2D eigenvalue weighted by Crippen LogP contribution is -2.18. The number of anilines is 1. The molecule has 0 aliphatic carbocycles. The van der Waals surface area contributed by atoms with Crippen molar-refractivity contribution in [2.24, 2.45) is 0 Å². The minimum atomic E-state index is -2.88. The number of sulfone groups is 1. The van der Waals surface area contributed by atoms with Gasteiger partial charge in [-0.05, 0) is 43.5 Å². The summed E-state index contributed by atoms with van der Waals surface area (Å²) in [7, 11) is -2.88. The Kier molecular flexibility index (Phi) is 5.00. The molecule has 0 bridgehead atoms. The molecule has 1 aromatic carbocycles. The van der Waals surface area contributed by atoms with Crippen LogP contribution in [0.3, 0.4) is 0 Å². The summed E-state index contributed by atoms with van der Waals surface area (Å²) in [6, 6.07) is 6.06. The lowest BCUT2D eigenvalue weighted by atomic mass is 10.1. The van der Waals surface area contributed by atoms with Gasteiger partial charge in [-0.25, -0.2) is 8.42 Å². The highest BCUT2D eigenvalue weighted by Crippen LogP contribution is 2.13. The van der Waals surface area contributed by atoms with Gasteiger partial charge in [0, 0.05) is 18.0 Å². The van der Waals surface area contributed by atoms with Gasteiger partial charge in [-0.3, -0.25) is 0 Å². The van der Waals surface area contributed by atoms with E-state index in [1.54, 1.807) is 0 Å². The number of rotatable bonds is 6. The van der Waals surface area contributed by atoms with Crippen LogP contribution in [0.5, 0.6) is 0 Å². The number of hydrogen-bond acceptors (Lipinski definition) is 3. The van der Waals surface area contributed by atoms with Crippen molar-refractivity contribution >= 4 is 15.5 Å². The second-order valence-electron chi connectivity index (χ2n) is 4.38. The van der Waals surface area contributed by atoms with Crippen molar-refractivity contribution in [3.05, 3.63) is 29.3 Å². The zero-order valence-electron chi connectivity index (χ0n) is 10.8. The SMILES string of the molecule is CCCS(=O)(=O)CCNc1ccc(C)c(C)c1. The molecule has 1 aromatic rings. The van der Waals surface area contributed by atoms with Crippen LogP contribution in [0.1, 0.15) is 24.5 Å². The van der Waals surface area contributed by atoms with E-state index in [0.717, 1.165) is 5.69 Å². The van der Waals surface area contributed by atoms with Crippen molar-refractivity contribution in [3.8, 4) is 0 Å². The predicted octanol–water partition coefficient (Wildman–Crippen LogP) is 2.54. The average Bonchev–Trinajstić information content (AvgIpc) is 2.23. The van der Waals surface area contributed by atoms with Crippen molar-refractivity contribution < 1.29 is 8.42 Å². The van der Waals surface area contributed by atoms with Crippen molar-refractivity contribution in [2.45, 2.75) is 27.2 Å². The maximum Gasteiger partial charge on any atom is 0.152 e. The monoisotopic (exact) mass is 255 g/mol. The fourth-order valence-electron chi connectivity index (χ4n) is 1.62. The lowest BCUT2D eigenvalue weighted by Gasteiger charge is -2.08. The number of benzene rings is 1. The molecule has 0 fully saturated rings. The molecule has 1 N–H and O–H groups in total. The molecule has 96 valence electrons. The molecule has 17 heavy (non-hydrogen) atoms.